The third-order valence-corrected chi connectivity index (χ3v) is 4.94. The van der Waals surface area contributed by atoms with Crippen LogP contribution in [0, 0.1) is 0 Å². The molecule has 2 rings (SSSR count). The van der Waals surface area contributed by atoms with Crippen LogP contribution in [0.5, 0.6) is 0 Å². The smallest absolute Gasteiger partial charge is 0.0223 e. The normalized spacial score (nSPS) is 28.9. The summed E-state index contributed by atoms with van der Waals surface area (Å²) in [5.41, 5.74) is 0. The van der Waals surface area contributed by atoms with Crippen LogP contribution in [-0.2, 0) is 0 Å². The molecule has 3 nitrogen and oxygen atoms in total. The van der Waals surface area contributed by atoms with Gasteiger partial charge >= 0.3 is 0 Å². The maximum Gasteiger partial charge on any atom is 0.0223 e. The first-order chi connectivity index (χ1) is 9.20. The fourth-order valence-electron chi connectivity index (χ4n) is 3.67. The van der Waals surface area contributed by atoms with Crippen molar-refractivity contribution in [1.82, 2.24) is 15.1 Å². The lowest BCUT2D eigenvalue weighted by Gasteiger charge is -2.31. The summed E-state index contributed by atoms with van der Waals surface area (Å²) < 4.78 is 0. The first-order valence-corrected chi connectivity index (χ1v) is 8.42. The lowest BCUT2D eigenvalue weighted by molar-refractivity contribution is 0.176. The molecule has 3 heteroatoms. The van der Waals surface area contributed by atoms with Gasteiger partial charge in [0.1, 0.15) is 0 Å². The fourth-order valence-corrected chi connectivity index (χ4v) is 3.67. The highest BCUT2D eigenvalue weighted by Crippen LogP contribution is 2.22. The van der Waals surface area contributed by atoms with E-state index in [-0.39, 0.29) is 0 Å². The Balaban J connectivity index is 1.76. The maximum absolute atomic E-state index is 3.71. The largest absolute Gasteiger partial charge is 0.313 e. The van der Waals surface area contributed by atoms with Gasteiger partial charge in [0.15, 0.2) is 0 Å². The number of nitrogens with zero attached hydrogens (tertiary/aromatic N) is 2. The third kappa shape index (κ3) is 4.44. The first kappa shape index (κ1) is 15.3. The summed E-state index contributed by atoms with van der Waals surface area (Å²) in [6.07, 6.45) is 6.76. The van der Waals surface area contributed by atoms with Crippen molar-refractivity contribution in [1.29, 1.82) is 0 Å². The van der Waals surface area contributed by atoms with Crippen molar-refractivity contribution in [2.24, 2.45) is 0 Å². The van der Waals surface area contributed by atoms with E-state index in [4.69, 9.17) is 0 Å². The van der Waals surface area contributed by atoms with Gasteiger partial charge in [-0.1, -0.05) is 13.3 Å². The van der Waals surface area contributed by atoms with E-state index in [1.807, 2.05) is 0 Å². The lowest BCUT2D eigenvalue weighted by Crippen LogP contribution is -2.46. The second-order valence-electron chi connectivity index (χ2n) is 6.63. The molecule has 2 aliphatic rings. The molecular weight excluding hydrogens is 234 g/mol. The van der Waals surface area contributed by atoms with E-state index in [1.165, 1.54) is 58.3 Å². The Morgan fingerprint density at radius 3 is 2.74 bits per heavy atom. The molecule has 2 fully saturated rings. The Morgan fingerprint density at radius 2 is 1.95 bits per heavy atom. The van der Waals surface area contributed by atoms with Gasteiger partial charge in [0, 0.05) is 31.2 Å². The average molecular weight is 267 g/mol. The SMILES string of the molecule is CCCC(C)NCC(C)N1CCCN2CCCC2C1. The molecule has 19 heavy (non-hydrogen) atoms. The van der Waals surface area contributed by atoms with Gasteiger partial charge in [0.2, 0.25) is 0 Å². The van der Waals surface area contributed by atoms with Crippen LogP contribution in [0.25, 0.3) is 0 Å². The molecule has 0 spiro atoms. The van der Waals surface area contributed by atoms with Crippen LogP contribution in [0.3, 0.4) is 0 Å². The summed E-state index contributed by atoms with van der Waals surface area (Å²) in [6.45, 7) is 13.4. The second kappa shape index (κ2) is 7.61. The molecule has 3 atom stereocenters. The quantitative estimate of drug-likeness (QED) is 0.797. The summed E-state index contributed by atoms with van der Waals surface area (Å²) in [5.74, 6) is 0. The Kier molecular flexibility index (Phi) is 6.11. The van der Waals surface area contributed by atoms with Crippen molar-refractivity contribution in [3.63, 3.8) is 0 Å². The van der Waals surface area contributed by atoms with E-state index in [2.05, 4.69) is 35.9 Å². The molecule has 0 aromatic heterocycles. The molecule has 0 radical (unpaired) electrons. The minimum Gasteiger partial charge on any atom is -0.313 e. The van der Waals surface area contributed by atoms with E-state index >= 15 is 0 Å². The van der Waals surface area contributed by atoms with Crippen molar-refractivity contribution in [2.75, 3.05) is 32.7 Å². The molecule has 0 amide bonds. The standard InChI is InChI=1S/C16H33N3/c1-4-7-14(2)17-12-15(3)19-11-6-10-18-9-5-8-16(18)13-19/h14-17H,4-13H2,1-3H3. The minimum absolute atomic E-state index is 0.669. The molecule has 2 saturated heterocycles. The van der Waals surface area contributed by atoms with E-state index < -0.39 is 0 Å². The maximum atomic E-state index is 3.71. The number of rotatable bonds is 6. The molecule has 0 aromatic rings. The van der Waals surface area contributed by atoms with Crippen molar-refractivity contribution < 1.29 is 0 Å². The van der Waals surface area contributed by atoms with Gasteiger partial charge in [-0.25, -0.2) is 0 Å². The Hall–Kier alpha value is -0.120. The number of hydrogen-bond donors (Lipinski definition) is 1. The van der Waals surface area contributed by atoms with Gasteiger partial charge in [-0.15, -0.1) is 0 Å². The van der Waals surface area contributed by atoms with Gasteiger partial charge in [0.05, 0.1) is 0 Å². The zero-order valence-corrected chi connectivity index (χ0v) is 13.2. The molecule has 0 saturated carbocycles. The average Bonchev–Trinajstić information content (AvgIpc) is 2.73. The summed E-state index contributed by atoms with van der Waals surface area (Å²) in [7, 11) is 0. The van der Waals surface area contributed by atoms with E-state index in [1.54, 1.807) is 0 Å². The highest BCUT2D eigenvalue weighted by atomic mass is 15.3. The van der Waals surface area contributed by atoms with E-state index in [0.29, 0.717) is 12.1 Å². The Morgan fingerprint density at radius 1 is 1.16 bits per heavy atom. The Labute approximate surface area is 119 Å². The van der Waals surface area contributed by atoms with Crippen LogP contribution in [0.1, 0.15) is 52.9 Å². The van der Waals surface area contributed by atoms with Gasteiger partial charge in [-0.3, -0.25) is 9.80 Å². The molecule has 0 aromatic carbocycles. The predicted octanol–water partition coefficient (Wildman–Crippen LogP) is 2.32. The highest BCUT2D eigenvalue weighted by molar-refractivity contribution is 4.87. The third-order valence-electron chi connectivity index (χ3n) is 4.94. The minimum atomic E-state index is 0.669. The van der Waals surface area contributed by atoms with Gasteiger partial charge in [-0.05, 0) is 59.2 Å². The van der Waals surface area contributed by atoms with Crippen LogP contribution in [-0.4, -0.2) is 60.6 Å². The molecular formula is C16H33N3. The predicted molar refractivity (Wildman–Crippen MR) is 82.6 cm³/mol. The summed E-state index contributed by atoms with van der Waals surface area (Å²) in [6, 6.07) is 2.19. The van der Waals surface area contributed by atoms with Crippen molar-refractivity contribution >= 4 is 0 Å². The lowest BCUT2D eigenvalue weighted by atomic mass is 10.1. The van der Waals surface area contributed by atoms with Crippen molar-refractivity contribution in [2.45, 2.75) is 71.0 Å². The number of hydrogen-bond acceptors (Lipinski definition) is 3. The Bertz CT molecular complexity index is 256. The van der Waals surface area contributed by atoms with E-state index in [0.717, 1.165) is 12.6 Å². The molecule has 112 valence electrons. The van der Waals surface area contributed by atoms with Gasteiger partial charge in [0.25, 0.3) is 0 Å². The fraction of sp³-hybridized carbons (Fsp3) is 1.00. The summed E-state index contributed by atoms with van der Waals surface area (Å²) in [4.78, 5) is 5.45. The monoisotopic (exact) mass is 267 g/mol. The number of fused-ring (bicyclic) bond motifs is 1. The summed E-state index contributed by atoms with van der Waals surface area (Å²) in [5, 5.41) is 3.71. The van der Waals surface area contributed by atoms with Gasteiger partial charge in [-0.2, -0.15) is 0 Å². The molecule has 2 heterocycles. The molecule has 1 N–H and O–H groups in total. The molecule has 3 unspecified atom stereocenters. The molecule has 2 aliphatic heterocycles. The summed E-state index contributed by atoms with van der Waals surface area (Å²) >= 11 is 0. The topological polar surface area (TPSA) is 18.5 Å². The van der Waals surface area contributed by atoms with Crippen LogP contribution in [0.15, 0.2) is 0 Å². The van der Waals surface area contributed by atoms with Crippen LogP contribution < -0.4 is 5.32 Å². The van der Waals surface area contributed by atoms with Crippen LogP contribution in [0.2, 0.25) is 0 Å². The van der Waals surface area contributed by atoms with Crippen LogP contribution in [0.4, 0.5) is 0 Å². The zero-order chi connectivity index (χ0) is 13.7. The molecule has 0 aliphatic carbocycles. The number of nitrogens with one attached hydrogen (secondary N) is 1. The van der Waals surface area contributed by atoms with Crippen LogP contribution >= 0.6 is 0 Å². The van der Waals surface area contributed by atoms with Gasteiger partial charge < -0.3 is 5.32 Å². The van der Waals surface area contributed by atoms with Crippen molar-refractivity contribution in [3.05, 3.63) is 0 Å². The zero-order valence-electron chi connectivity index (χ0n) is 13.2. The first-order valence-electron chi connectivity index (χ1n) is 8.42. The second-order valence-corrected chi connectivity index (χ2v) is 6.63. The van der Waals surface area contributed by atoms with Crippen molar-refractivity contribution in [3.8, 4) is 0 Å². The molecule has 0 bridgehead atoms. The van der Waals surface area contributed by atoms with E-state index in [9.17, 15) is 0 Å². The highest BCUT2D eigenvalue weighted by Gasteiger charge is 2.30.